The number of urea groups is 1. The normalized spacial score (nSPS) is 19.7. The van der Waals surface area contributed by atoms with Crippen LogP contribution in [0.5, 0.6) is 0 Å². The summed E-state index contributed by atoms with van der Waals surface area (Å²) in [5.74, 6) is -3.75. The predicted molar refractivity (Wildman–Crippen MR) is 71.3 cm³/mol. The second kappa shape index (κ2) is 5.20. The van der Waals surface area contributed by atoms with E-state index in [1.54, 1.807) is 13.8 Å². The second-order valence-corrected chi connectivity index (χ2v) is 4.64. The van der Waals surface area contributed by atoms with Crippen LogP contribution in [-0.4, -0.2) is 74.1 Å². The van der Waals surface area contributed by atoms with Crippen LogP contribution in [0.3, 0.4) is 0 Å². The summed E-state index contributed by atoms with van der Waals surface area (Å²) in [7, 11) is 0. The zero-order valence-corrected chi connectivity index (χ0v) is 12.2. The molecule has 112 valence electrons. The molecule has 2 rings (SSSR count). The van der Waals surface area contributed by atoms with Crippen LogP contribution < -0.4 is 0 Å². The summed E-state index contributed by atoms with van der Waals surface area (Å²) >= 11 is 4.98. The molecule has 0 atom stereocenters. The van der Waals surface area contributed by atoms with Gasteiger partial charge in [0.25, 0.3) is 0 Å². The van der Waals surface area contributed by atoms with Crippen LogP contribution in [0.1, 0.15) is 13.8 Å². The zero-order chi connectivity index (χ0) is 15.9. The van der Waals surface area contributed by atoms with Gasteiger partial charge in [-0.25, -0.2) is 9.69 Å². The molecule has 0 saturated carbocycles. The van der Waals surface area contributed by atoms with Gasteiger partial charge in [-0.05, 0) is 26.1 Å². The third-order valence-electron chi connectivity index (χ3n) is 3.19. The molecule has 0 radical (unpaired) electrons. The highest BCUT2D eigenvalue weighted by Gasteiger charge is 2.48. The number of amides is 6. The van der Waals surface area contributed by atoms with Gasteiger partial charge in [0.1, 0.15) is 6.67 Å². The average Bonchev–Trinajstić information content (AvgIpc) is 2.78. The Hall–Kier alpha value is -2.36. The van der Waals surface area contributed by atoms with Crippen molar-refractivity contribution in [1.82, 2.24) is 19.6 Å². The average molecular weight is 312 g/mol. The molecular formula is C11H12N4O5S. The Labute approximate surface area is 125 Å². The Morgan fingerprint density at radius 1 is 0.714 bits per heavy atom. The van der Waals surface area contributed by atoms with E-state index in [1.807, 2.05) is 0 Å². The van der Waals surface area contributed by atoms with E-state index < -0.39 is 36.3 Å². The summed E-state index contributed by atoms with van der Waals surface area (Å²) in [4.78, 5) is 62.0. The monoisotopic (exact) mass is 312 g/mol. The summed E-state index contributed by atoms with van der Waals surface area (Å²) in [6.45, 7) is 2.87. The number of rotatable bonds is 4. The van der Waals surface area contributed by atoms with E-state index in [0.717, 1.165) is 14.7 Å². The van der Waals surface area contributed by atoms with Crippen LogP contribution in [0.2, 0.25) is 0 Å². The van der Waals surface area contributed by atoms with Gasteiger partial charge in [-0.15, -0.1) is 0 Å². The Morgan fingerprint density at radius 3 is 1.57 bits per heavy atom. The molecule has 21 heavy (non-hydrogen) atoms. The number of likely N-dealkylation sites (N-methyl/N-ethyl adjacent to an activating group) is 2. The van der Waals surface area contributed by atoms with Crippen LogP contribution in [-0.2, 0) is 19.2 Å². The number of carbonyl (C=O) groups is 5. The summed E-state index contributed by atoms with van der Waals surface area (Å²) in [6, 6.07) is -0.828. The largest absolute Gasteiger partial charge is 0.335 e. The number of imide groups is 2. The highest BCUT2D eigenvalue weighted by atomic mass is 32.1. The minimum absolute atomic E-state index is 0.0400. The van der Waals surface area contributed by atoms with Crippen LogP contribution >= 0.6 is 12.2 Å². The minimum atomic E-state index is -1.04. The van der Waals surface area contributed by atoms with Gasteiger partial charge in [0.05, 0.1) is 0 Å². The summed E-state index contributed by atoms with van der Waals surface area (Å²) in [5.41, 5.74) is 0. The maximum absolute atomic E-state index is 11.9. The fourth-order valence-electron chi connectivity index (χ4n) is 2.05. The molecule has 2 heterocycles. The first kappa shape index (κ1) is 15.0. The van der Waals surface area contributed by atoms with Gasteiger partial charge in [-0.2, -0.15) is 0 Å². The van der Waals surface area contributed by atoms with Crippen molar-refractivity contribution in [1.29, 1.82) is 0 Å². The molecule has 0 aromatic heterocycles. The molecule has 0 spiro atoms. The molecule has 2 saturated heterocycles. The molecule has 10 heteroatoms. The molecule has 0 unspecified atom stereocenters. The van der Waals surface area contributed by atoms with E-state index in [9.17, 15) is 24.0 Å². The molecule has 2 fully saturated rings. The Kier molecular flexibility index (Phi) is 3.73. The molecule has 9 nitrogen and oxygen atoms in total. The Balaban J connectivity index is 2.23. The molecule has 2 aliphatic heterocycles. The molecule has 0 N–H and O–H groups in total. The predicted octanol–water partition coefficient (Wildman–Crippen LogP) is -1.27. The lowest BCUT2D eigenvalue weighted by molar-refractivity contribution is -0.146. The lowest BCUT2D eigenvalue weighted by Gasteiger charge is -2.21. The van der Waals surface area contributed by atoms with Crippen molar-refractivity contribution in [2.45, 2.75) is 13.8 Å². The fourth-order valence-corrected chi connectivity index (χ4v) is 2.40. The molecular weight excluding hydrogens is 300 g/mol. The quantitative estimate of drug-likeness (QED) is 0.365. The van der Waals surface area contributed by atoms with E-state index in [0.29, 0.717) is 4.90 Å². The summed E-state index contributed by atoms with van der Waals surface area (Å²) in [6.07, 6.45) is 0. The van der Waals surface area contributed by atoms with Crippen molar-refractivity contribution < 1.29 is 24.0 Å². The van der Waals surface area contributed by atoms with Crippen molar-refractivity contribution in [2.75, 3.05) is 19.8 Å². The van der Waals surface area contributed by atoms with Gasteiger partial charge in [-0.1, -0.05) is 0 Å². The van der Waals surface area contributed by atoms with Gasteiger partial charge in [0.15, 0.2) is 5.11 Å². The van der Waals surface area contributed by atoms with Crippen molar-refractivity contribution in [3.05, 3.63) is 0 Å². The molecule has 0 aliphatic carbocycles. The van der Waals surface area contributed by atoms with Crippen LogP contribution in [0.4, 0.5) is 4.79 Å². The third kappa shape index (κ3) is 2.07. The van der Waals surface area contributed by atoms with E-state index >= 15 is 0 Å². The van der Waals surface area contributed by atoms with Gasteiger partial charge in [0, 0.05) is 13.1 Å². The van der Waals surface area contributed by atoms with E-state index in [1.165, 1.54) is 0 Å². The maximum atomic E-state index is 11.9. The third-order valence-corrected chi connectivity index (χ3v) is 3.63. The first-order valence-corrected chi connectivity index (χ1v) is 6.60. The van der Waals surface area contributed by atoms with E-state index in [-0.39, 0.29) is 18.2 Å². The molecule has 2 aliphatic rings. The van der Waals surface area contributed by atoms with Gasteiger partial charge in [0.2, 0.25) is 0 Å². The van der Waals surface area contributed by atoms with Crippen molar-refractivity contribution in [3.8, 4) is 0 Å². The van der Waals surface area contributed by atoms with Crippen molar-refractivity contribution in [2.24, 2.45) is 0 Å². The molecule has 6 amide bonds. The second-order valence-electron chi connectivity index (χ2n) is 4.27. The topological polar surface area (TPSA) is 98.3 Å². The smallest absolute Gasteiger partial charge is 0.281 e. The summed E-state index contributed by atoms with van der Waals surface area (Å²) < 4.78 is 0. The van der Waals surface area contributed by atoms with E-state index in [4.69, 9.17) is 12.2 Å². The highest BCUT2D eigenvalue weighted by molar-refractivity contribution is 7.80. The number of nitrogens with zero attached hydrogens (tertiary/aromatic N) is 4. The van der Waals surface area contributed by atoms with Crippen LogP contribution in [0, 0.1) is 0 Å². The van der Waals surface area contributed by atoms with Gasteiger partial charge < -0.3 is 0 Å². The van der Waals surface area contributed by atoms with Gasteiger partial charge in [-0.3, -0.25) is 33.9 Å². The van der Waals surface area contributed by atoms with Crippen LogP contribution in [0.15, 0.2) is 0 Å². The lowest BCUT2D eigenvalue weighted by Crippen LogP contribution is -2.45. The first-order valence-electron chi connectivity index (χ1n) is 6.19. The Bertz CT molecular complexity index is 539. The zero-order valence-electron chi connectivity index (χ0n) is 11.4. The Morgan fingerprint density at radius 2 is 1.14 bits per heavy atom. The highest BCUT2D eigenvalue weighted by Crippen LogP contribution is 2.17. The molecule has 0 bridgehead atoms. The molecule has 0 aromatic rings. The first-order chi connectivity index (χ1) is 9.84. The van der Waals surface area contributed by atoms with E-state index in [2.05, 4.69) is 0 Å². The van der Waals surface area contributed by atoms with Crippen molar-refractivity contribution >= 4 is 47.0 Å². The van der Waals surface area contributed by atoms with Crippen molar-refractivity contribution in [3.63, 3.8) is 0 Å². The minimum Gasteiger partial charge on any atom is -0.281 e. The number of thiocarbonyl (C=S) groups is 1. The maximum Gasteiger partial charge on any atom is 0.335 e. The summed E-state index contributed by atoms with van der Waals surface area (Å²) in [5, 5.41) is -0.0875. The lowest BCUT2D eigenvalue weighted by atomic mass is 10.5. The molecule has 0 aromatic carbocycles. The van der Waals surface area contributed by atoms with Crippen LogP contribution in [0.25, 0.3) is 0 Å². The SMILES string of the molecule is CCN1C(=O)C(=O)N(CN2C(=O)C(=O)N(CC)C2=S)C1=O. The number of hydrogen-bond donors (Lipinski definition) is 0. The fraction of sp³-hybridized carbons (Fsp3) is 0.455. The number of carbonyl (C=O) groups excluding carboxylic acids is 5. The van der Waals surface area contributed by atoms with Gasteiger partial charge >= 0.3 is 29.7 Å². The number of hydrogen-bond acceptors (Lipinski definition) is 6. The standard InChI is InChI=1S/C11H12N4O5S/c1-3-12-6(16)8(18)14(10(12)20)5-15-9(19)7(17)13(4-2)11(15)21/h3-5H2,1-2H3.